The summed E-state index contributed by atoms with van der Waals surface area (Å²) < 4.78 is 19.1. The highest BCUT2D eigenvalue weighted by atomic mass is 35.5. The molecule has 2 heterocycles. The van der Waals surface area contributed by atoms with Crippen molar-refractivity contribution in [2.45, 2.75) is 12.5 Å². The summed E-state index contributed by atoms with van der Waals surface area (Å²) in [6.07, 6.45) is 1.21. The van der Waals surface area contributed by atoms with Crippen LogP contribution in [0, 0.1) is 5.82 Å². The molecule has 3 nitrogen and oxygen atoms in total. The van der Waals surface area contributed by atoms with Crippen molar-refractivity contribution in [2.24, 2.45) is 0 Å². The molecule has 0 spiro atoms. The summed E-state index contributed by atoms with van der Waals surface area (Å²) in [5.74, 6) is -0.175. The maximum Gasteiger partial charge on any atom is 0.123 e. The molecule has 6 heteroatoms. The fourth-order valence-corrected chi connectivity index (χ4v) is 3.70. The Morgan fingerprint density at radius 2 is 1.62 bits per heavy atom. The number of rotatable bonds is 3. The zero-order valence-electron chi connectivity index (χ0n) is 14.6. The van der Waals surface area contributed by atoms with Crippen LogP contribution in [0.4, 0.5) is 10.1 Å². The SMILES string of the molecule is Cl.Cl.Fc1ccc(N2CCN(CC3OCCc4ccccc43)CC2)cc1. The molecule has 4 rings (SSSR count). The summed E-state index contributed by atoms with van der Waals surface area (Å²) >= 11 is 0. The van der Waals surface area contributed by atoms with Crippen molar-refractivity contribution in [1.82, 2.24) is 4.90 Å². The third-order valence-corrected chi connectivity index (χ3v) is 5.08. The Morgan fingerprint density at radius 3 is 2.35 bits per heavy atom. The average molecular weight is 399 g/mol. The summed E-state index contributed by atoms with van der Waals surface area (Å²) in [6.45, 7) is 5.74. The van der Waals surface area contributed by atoms with Crippen LogP contribution in [-0.4, -0.2) is 44.2 Å². The van der Waals surface area contributed by atoms with E-state index in [0.29, 0.717) is 0 Å². The van der Waals surface area contributed by atoms with Crippen molar-refractivity contribution in [3.63, 3.8) is 0 Å². The number of anilines is 1. The van der Waals surface area contributed by atoms with E-state index in [1.54, 1.807) is 0 Å². The number of benzene rings is 2. The van der Waals surface area contributed by atoms with Crippen molar-refractivity contribution in [2.75, 3.05) is 44.2 Å². The van der Waals surface area contributed by atoms with E-state index in [0.717, 1.165) is 51.4 Å². The lowest BCUT2D eigenvalue weighted by atomic mass is 9.97. The van der Waals surface area contributed by atoms with Crippen molar-refractivity contribution >= 4 is 30.5 Å². The van der Waals surface area contributed by atoms with Crippen LogP contribution in [0.3, 0.4) is 0 Å². The molecule has 1 unspecified atom stereocenters. The number of hydrogen-bond donors (Lipinski definition) is 0. The number of halogens is 3. The van der Waals surface area contributed by atoms with Gasteiger partial charge in [0.2, 0.25) is 0 Å². The van der Waals surface area contributed by atoms with E-state index in [4.69, 9.17) is 4.74 Å². The number of piperazine rings is 1. The molecular weight excluding hydrogens is 374 g/mol. The zero-order chi connectivity index (χ0) is 16.4. The van der Waals surface area contributed by atoms with Gasteiger partial charge in [-0.2, -0.15) is 0 Å². The molecule has 2 aliphatic rings. The van der Waals surface area contributed by atoms with Crippen LogP contribution in [0.2, 0.25) is 0 Å². The molecule has 0 amide bonds. The lowest BCUT2D eigenvalue weighted by molar-refractivity contribution is 0.0148. The minimum absolute atomic E-state index is 0. The third kappa shape index (κ3) is 4.68. The van der Waals surface area contributed by atoms with Gasteiger partial charge in [0.1, 0.15) is 5.82 Å². The highest BCUT2D eigenvalue weighted by Gasteiger charge is 2.25. The van der Waals surface area contributed by atoms with Gasteiger partial charge in [-0.1, -0.05) is 24.3 Å². The van der Waals surface area contributed by atoms with E-state index in [-0.39, 0.29) is 36.7 Å². The van der Waals surface area contributed by atoms with Crippen LogP contribution in [0.15, 0.2) is 48.5 Å². The van der Waals surface area contributed by atoms with Crippen LogP contribution in [0.1, 0.15) is 17.2 Å². The minimum Gasteiger partial charge on any atom is -0.372 e. The molecule has 142 valence electrons. The Labute approximate surface area is 167 Å². The van der Waals surface area contributed by atoms with Gasteiger partial charge in [-0.25, -0.2) is 4.39 Å². The maximum absolute atomic E-state index is 13.1. The van der Waals surface area contributed by atoms with Gasteiger partial charge in [0.25, 0.3) is 0 Å². The fraction of sp³-hybridized carbons (Fsp3) is 0.400. The molecule has 2 aliphatic heterocycles. The lowest BCUT2D eigenvalue weighted by Crippen LogP contribution is -2.48. The Balaban J connectivity index is 0.00000121. The smallest absolute Gasteiger partial charge is 0.123 e. The Kier molecular flexibility index (Phi) is 7.71. The van der Waals surface area contributed by atoms with E-state index < -0.39 is 0 Å². The van der Waals surface area contributed by atoms with E-state index >= 15 is 0 Å². The molecule has 1 fully saturated rings. The maximum atomic E-state index is 13.1. The second-order valence-electron chi connectivity index (χ2n) is 6.57. The van der Waals surface area contributed by atoms with Gasteiger partial charge >= 0.3 is 0 Å². The van der Waals surface area contributed by atoms with Gasteiger partial charge in [-0.15, -0.1) is 24.8 Å². The van der Waals surface area contributed by atoms with E-state index in [2.05, 4.69) is 34.1 Å². The Morgan fingerprint density at radius 1 is 0.923 bits per heavy atom. The van der Waals surface area contributed by atoms with Crippen molar-refractivity contribution in [3.8, 4) is 0 Å². The Bertz CT molecular complexity index is 690. The summed E-state index contributed by atoms with van der Waals surface area (Å²) in [6, 6.07) is 15.4. The topological polar surface area (TPSA) is 15.7 Å². The van der Waals surface area contributed by atoms with Gasteiger partial charge in [0, 0.05) is 38.4 Å². The van der Waals surface area contributed by atoms with Crippen LogP contribution in [0.25, 0.3) is 0 Å². The van der Waals surface area contributed by atoms with Crippen LogP contribution in [-0.2, 0) is 11.2 Å². The molecule has 0 aromatic heterocycles. The van der Waals surface area contributed by atoms with Gasteiger partial charge in [0.15, 0.2) is 0 Å². The van der Waals surface area contributed by atoms with E-state index in [9.17, 15) is 4.39 Å². The first kappa shape index (κ1) is 21.0. The molecule has 0 saturated carbocycles. The summed E-state index contributed by atoms with van der Waals surface area (Å²) in [5, 5.41) is 0. The molecule has 0 aliphatic carbocycles. The number of nitrogens with zero attached hydrogens (tertiary/aromatic N) is 2. The van der Waals surface area contributed by atoms with Crippen molar-refractivity contribution < 1.29 is 9.13 Å². The number of ether oxygens (including phenoxy) is 1. The third-order valence-electron chi connectivity index (χ3n) is 5.08. The fourth-order valence-electron chi connectivity index (χ4n) is 3.70. The molecule has 1 saturated heterocycles. The second kappa shape index (κ2) is 9.56. The largest absolute Gasteiger partial charge is 0.372 e. The van der Waals surface area contributed by atoms with Gasteiger partial charge < -0.3 is 9.64 Å². The molecule has 0 N–H and O–H groups in total. The predicted molar refractivity (Wildman–Crippen MR) is 108 cm³/mol. The molecule has 0 radical (unpaired) electrons. The summed E-state index contributed by atoms with van der Waals surface area (Å²) in [5.41, 5.74) is 3.89. The Hall–Kier alpha value is -1.33. The van der Waals surface area contributed by atoms with Crippen molar-refractivity contribution in [3.05, 3.63) is 65.5 Å². The first-order valence-corrected chi connectivity index (χ1v) is 8.72. The molecule has 2 aromatic carbocycles. The van der Waals surface area contributed by atoms with Gasteiger partial charge in [-0.3, -0.25) is 4.90 Å². The molecule has 2 aromatic rings. The normalized spacial score (nSPS) is 19.9. The highest BCUT2D eigenvalue weighted by molar-refractivity contribution is 5.85. The highest BCUT2D eigenvalue weighted by Crippen LogP contribution is 2.28. The number of hydrogen-bond acceptors (Lipinski definition) is 3. The van der Waals surface area contributed by atoms with Crippen LogP contribution in [0.5, 0.6) is 0 Å². The second-order valence-corrected chi connectivity index (χ2v) is 6.57. The van der Waals surface area contributed by atoms with Crippen LogP contribution >= 0.6 is 24.8 Å². The number of fused-ring (bicyclic) bond motifs is 1. The standard InChI is InChI=1S/C20H23FN2O.2ClH/c21-17-5-7-18(8-6-17)23-12-10-22(11-13-23)15-20-19-4-2-1-3-16(19)9-14-24-20;;/h1-8,20H,9-15H2;2*1H. The first-order chi connectivity index (χ1) is 11.8. The molecular formula is C20H25Cl2FN2O. The molecule has 0 bridgehead atoms. The van der Waals surface area contributed by atoms with E-state index in [1.807, 2.05) is 12.1 Å². The van der Waals surface area contributed by atoms with Crippen LogP contribution < -0.4 is 4.90 Å². The lowest BCUT2D eigenvalue weighted by Gasteiger charge is -2.38. The van der Waals surface area contributed by atoms with E-state index in [1.165, 1.54) is 23.3 Å². The van der Waals surface area contributed by atoms with Gasteiger partial charge in [-0.05, 0) is 41.8 Å². The molecule has 26 heavy (non-hydrogen) atoms. The average Bonchev–Trinajstić information content (AvgIpc) is 2.63. The van der Waals surface area contributed by atoms with Crippen molar-refractivity contribution in [1.29, 1.82) is 0 Å². The molecule has 1 atom stereocenters. The minimum atomic E-state index is -0.175. The monoisotopic (exact) mass is 398 g/mol. The van der Waals surface area contributed by atoms with Gasteiger partial charge in [0.05, 0.1) is 12.7 Å². The summed E-state index contributed by atoms with van der Waals surface area (Å²) in [4.78, 5) is 4.80. The predicted octanol–water partition coefficient (Wildman–Crippen LogP) is 4.11. The zero-order valence-corrected chi connectivity index (χ0v) is 16.3. The quantitative estimate of drug-likeness (QED) is 0.773. The first-order valence-electron chi connectivity index (χ1n) is 8.72. The summed E-state index contributed by atoms with van der Waals surface area (Å²) in [7, 11) is 0.